The lowest BCUT2D eigenvalue weighted by Crippen LogP contribution is -2.00. The maximum atomic E-state index is 11.1. The number of oxazole rings is 1. The minimum atomic E-state index is -0.611. The van der Waals surface area contributed by atoms with Crippen molar-refractivity contribution >= 4 is 22.8 Å². The molecule has 0 saturated heterocycles. The number of nitrogens with two attached hydrogens (primary N) is 1. The fraction of sp³-hybridized carbons (Fsp3) is 0.111. The number of carbonyl (C=O) groups excluding carboxylic acids is 1. The molecule has 5 nitrogen and oxygen atoms in total. The monoisotopic (exact) mass is 192 g/mol. The number of rotatable bonds is 1. The van der Waals surface area contributed by atoms with Gasteiger partial charge >= 0.3 is 11.9 Å². The van der Waals surface area contributed by atoms with E-state index in [2.05, 4.69) is 9.72 Å². The molecular formula is C9H8N2O3. The zero-order chi connectivity index (χ0) is 10.1. The Morgan fingerprint density at radius 3 is 3.00 bits per heavy atom. The van der Waals surface area contributed by atoms with Gasteiger partial charge in [-0.1, -0.05) is 6.07 Å². The SMILES string of the molecule is COC(=O)c1nc2c(N)cccc2o1. The van der Waals surface area contributed by atoms with E-state index in [-0.39, 0.29) is 5.89 Å². The van der Waals surface area contributed by atoms with Crippen LogP contribution >= 0.6 is 0 Å². The van der Waals surface area contributed by atoms with E-state index in [0.29, 0.717) is 16.8 Å². The number of esters is 1. The van der Waals surface area contributed by atoms with Gasteiger partial charge in [0.1, 0.15) is 5.52 Å². The maximum Gasteiger partial charge on any atom is 0.394 e. The van der Waals surface area contributed by atoms with Crippen molar-refractivity contribution in [2.45, 2.75) is 0 Å². The van der Waals surface area contributed by atoms with Gasteiger partial charge in [-0.3, -0.25) is 0 Å². The highest BCUT2D eigenvalue weighted by molar-refractivity contribution is 5.91. The molecule has 0 bridgehead atoms. The van der Waals surface area contributed by atoms with Gasteiger partial charge in [0, 0.05) is 0 Å². The zero-order valence-electron chi connectivity index (χ0n) is 7.48. The Labute approximate surface area is 79.5 Å². The Balaban J connectivity index is 2.62. The summed E-state index contributed by atoms with van der Waals surface area (Å²) >= 11 is 0. The Hall–Kier alpha value is -2.04. The Morgan fingerprint density at radius 1 is 1.57 bits per heavy atom. The molecule has 0 atom stereocenters. The van der Waals surface area contributed by atoms with E-state index in [9.17, 15) is 4.79 Å². The van der Waals surface area contributed by atoms with Gasteiger partial charge < -0.3 is 14.9 Å². The molecule has 0 saturated carbocycles. The first kappa shape index (κ1) is 8.55. The van der Waals surface area contributed by atoms with Crippen molar-refractivity contribution in [2.75, 3.05) is 12.8 Å². The molecule has 1 aromatic carbocycles. The molecule has 2 N–H and O–H groups in total. The van der Waals surface area contributed by atoms with E-state index < -0.39 is 5.97 Å². The van der Waals surface area contributed by atoms with Crippen molar-refractivity contribution < 1.29 is 13.9 Å². The highest BCUT2D eigenvalue weighted by atomic mass is 16.5. The van der Waals surface area contributed by atoms with Gasteiger partial charge in [-0.2, -0.15) is 0 Å². The Kier molecular flexibility index (Phi) is 1.85. The van der Waals surface area contributed by atoms with Gasteiger partial charge in [-0.15, -0.1) is 0 Å². The largest absolute Gasteiger partial charge is 0.462 e. The van der Waals surface area contributed by atoms with Gasteiger partial charge in [0.15, 0.2) is 5.58 Å². The number of nitrogens with zero attached hydrogens (tertiary/aromatic N) is 1. The average Bonchev–Trinajstić information content (AvgIpc) is 2.62. The topological polar surface area (TPSA) is 78.3 Å². The smallest absolute Gasteiger partial charge is 0.394 e. The maximum absolute atomic E-state index is 11.1. The fourth-order valence-corrected chi connectivity index (χ4v) is 1.14. The summed E-state index contributed by atoms with van der Waals surface area (Å²) in [5, 5.41) is 0. The molecule has 14 heavy (non-hydrogen) atoms. The third-order valence-corrected chi connectivity index (χ3v) is 1.81. The summed E-state index contributed by atoms with van der Waals surface area (Å²) < 4.78 is 9.61. The summed E-state index contributed by atoms with van der Waals surface area (Å²) in [5.74, 6) is -0.694. The number of methoxy groups -OCH3 is 1. The van der Waals surface area contributed by atoms with Crippen molar-refractivity contribution in [1.29, 1.82) is 0 Å². The Bertz CT molecular complexity index is 490. The van der Waals surface area contributed by atoms with E-state index >= 15 is 0 Å². The number of carbonyl (C=O) groups is 1. The van der Waals surface area contributed by atoms with Crippen LogP contribution in [-0.2, 0) is 4.74 Å². The van der Waals surface area contributed by atoms with Crippen LogP contribution in [0.1, 0.15) is 10.7 Å². The lowest BCUT2D eigenvalue weighted by atomic mass is 10.3. The molecule has 2 aromatic rings. The van der Waals surface area contributed by atoms with Crippen LogP contribution in [0.4, 0.5) is 5.69 Å². The molecule has 5 heteroatoms. The highest BCUT2D eigenvalue weighted by Crippen LogP contribution is 2.21. The van der Waals surface area contributed by atoms with Gasteiger partial charge in [0.25, 0.3) is 0 Å². The number of hydrogen-bond acceptors (Lipinski definition) is 5. The number of ether oxygens (including phenoxy) is 1. The van der Waals surface area contributed by atoms with E-state index in [1.165, 1.54) is 7.11 Å². The van der Waals surface area contributed by atoms with Crippen LogP contribution in [0.5, 0.6) is 0 Å². The van der Waals surface area contributed by atoms with Gasteiger partial charge in [-0.25, -0.2) is 9.78 Å². The average molecular weight is 192 g/mol. The molecule has 72 valence electrons. The minimum Gasteiger partial charge on any atom is -0.462 e. The summed E-state index contributed by atoms with van der Waals surface area (Å²) in [4.78, 5) is 15.0. The molecule has 0 unspecified atom stereocenters. The van der Waals surface area contributed by atoms with Crippen molar-refractivity contribution in [3.8, 4) is 0 Å². The van der Waals surface area contributed by atoms with Crippen molar-refractivity contribution in [3.63, 3.8) is 0 Å². The molecule has 1 heterocycles. The first-order valence-electron chi connectivity index (χ1n) is 3.95. The second-order valence-corrected chi connectivity index (χ2v) is 2.70. The predicted octanol–water partition coefficient (Wildman–Crippen LogP) is 1.20. The van der Waals surface area contributed by atoms with Crippen molar-refractivity contribution in [2.24, 2.45) is 0 Å². The summed E-state index contributed by atoms with van der Waals surface area (Å²) in [5.41, 5.74) is 7.07. The second kappa shape index (κ2) is 3.02. The lowest BCUT2D eigenvalue weighted by molar-refractivity contribution is 0.0559. The molecular weight excluding hydrogens is 184 g/mol. The third-order valence-electron chi connectivity index (χ3n) is 1.81. The van der Waals surface area contributed by atoms with Crippen LogP contribution in [0.25, 0.3) is 11.1 Å². The van der Waals surface area contributed by atoms with Crippen molar-refractivity contribution in [3.05, 3.63) is 24.1 Å². The summed E-state index contributed by atoms with van der Waals surface area (Å²) in [6.45, 7) is 0. The van der Waals surface area contributed by atoms with Crippen LogP contribution in [0.2, 0.25) is 0 Å². The normalized spacial score (nSPS) is 10.4. The van der Waals surface area contributed by atoms with E-state index in [0.717, 1.165) is 0 Å². The number of benzene rings is 1. The van der Waals surface area contributed by atoms with Crippen LogP contribution < -0.4 is 5.73 Å². The van der Waals surface area contributed by atoms with Crippen LogP contribution in [-0.4, -0.2) is 18.1 Å². The molecule has 0 amide bonds. The summed E-state index contributed by atoms with van der Waals surface area (Å²) in [6, 6.07) is 5.10. The number of para-hydroxylation sites is 1. The van der Waals surface area contributed by atoms with Gasteiger partial charge in [0.05, 0.1) is 12.8 Å². The van der Waals surface area contributed by atoms with Gasteiger partial charge in [-0.05, 0) is 12.1 Å². The predicted molar refractivity (Wildman–Crippen MR) is 49.8 cm³/mol. The van der Waals surface area contributed by atoms with Gasteiger partial charge in [0.2, 0.25) is 0 Å². The first-order valence-corrected chi connectivity index (χ1v) is 3.95. The zero-order valence-corrected chi connectivity index (χ0v) is 7.48. The highest BCUT2D eigenvalue weighted by Gasteiger charge is 2.15. The molecule has 2 rings (SSSR count). The number of nitrogen functional groups attached to an aromatic ring is 1. The molecule has 1 aromatic heterocycles. The summed E-state index contributed by atoms with van der Waals surface area (Å²) in [7, 11) is 1.26. The van der Waals surface area contributed by atoms with E-state index in [1.54, 1.807) is 18.2 Å². The minimum absolute atomic E-state index is 0.0830. The van der Waals surface area contributed by atoms with E-state index in [4.69, 9.17) is 10.2 Å². The standard InChI is InChI=1S/C9H8N2O3/c1-13-9(12)8-11-7-5(10)3-2-4-6(7)14-8/h2-4H,10H2,1H3. The molecule has 0 radical (unpaired) electrons. The quantitative estimate of drug-likeness (QED) is 0.542. The number of anilines is 1. The van der Waals surface area contributed by atoms with Crippen molar-refractivity contribution in [1.82, 2.24) is 4.98 Å². The van der Waals surface area contributed by atoms with E-state index in [1.807, 2.05) is 0 Å². The number of aromatic nitrogens is 1. The van der Waals surface area contributed by atoms with Crippen LogP contribution in [0, 0.1) is 0 Å². The molecule has 0 aliphatic heterocycles. The van der Waals surface area contributed by atoms with Crippen LogP contribution in [0.3, 0.4) is 0 Å². The summed E-state index contributed by atoms with van der Waals surface area (Å²) in [6.07, 6.45) is 0. The fourth-order valence-electron chi connectivity index (χ4n) is 1.14. The number of fused-ring (bicyclic) bond motifs is 1. The second-order valence-electron chi connectivity index (χ2n) is 2.70. The van der Waals surface area contributed by atoms with Crippen LogP contribution in [0.15, 0.2) is 22.6 Å². The number of hydrogen-bond donors (Lipinski definition) is 1. The first-order chi connectivity index (χ1) is 6.72. The molecule has 0 aliphatic carbocycles. The molecule has 0 fully saturated rings. The lowest BCUT2D eigenvalue weighted by Gasteiger charge is -1.89. The molecule has 0 spiro atoms. The Morgan fingerprint density at radius 2 is 2.36 bits per heavy atom. The molecule has 0 aliphatic rings. The third kappa shape index (κ3) is 1.19.